The van der Waals surface area contributed by atoms with Crippen LogP contribution in [-0.4, -0.2) is 55.1 Å². The van der Waals surface area contributed by atoms with Gasteiger partial charge in [-0.25, -0.2) is 4.79 Å². The molecule has 37 heavy (non-hydrogen) atoms. The smallest absolute Gasteiger partial charge is 0.408 e. The van der Waals surface area contributed by atoms with E-state index in [0.29, 0.717) is 18.9 Å². The fraction of sp³-hybridized carbons (Fsp3) is 0.517. The number of benzene rings is 2. The monoisotopic (exact) mass is 512 g/mol. The maximum Gasteiger partial charge on any atom is 0.408 e. The number of methoxy groups -OCH3 is 1. The van der Waals surface area contributed by atoms with Gasteiger partial charge in [-0.3, -0.25) is 4.79 Å². The lowest BCUT2D eigenvalue weighted by molar-refractivity contribution is 0.000465. The van der Waals surface area contributed by atoms with Gasteiger partial charge in [0.15, 0.2) is 0 Å². The van der Waals surface area contributed by atoms with Crippen molar-refractivity contribution in [2.75, 3.05) is 20.3 Å². The summed E-state index contributed by atoms with van der Waals surface area (Å²) in [6.07, 6.45) is 4.17. The first-order valence-electron chi connectivity index (χ1n) is 12.9. The Bertz CT molecular complexity index is 1010. The molecule has 2 amide bonds. The summed E-state index contributed by atoms with van der Waals surface area (Å²) >= 11 is 0. The first kappa shape index (κ1) is 28.3. The van der Waals surface area contributed by atoms with Crippen LogP contribution in [0.15, 0.2) is 48.5 Å². The number of hydrogen-bond acceptors (Lipinski definition) is 6. The van der Waals surface area contributed by atoms with Crippen LogP contribution < -0.4 is 15.4 Å². The number of rotatable bonds is 11. The summed E-state index contributed by atoms with van der Waals surface area (Å²) in [5.41, 5.74) is 0.501. The highest BCUT2D eigenvalue weighted by molar-refractivity contribution is 5.96. The molecule has 2 unspecified atom stereocenters. The third-order valence-electron chi connectivity index (χ3n) is 6.40. The van der Waals surface area contributed by atoms with Crippen molar-refractivity contribution in [2.24, 2.45) is 5.92 Å². The molecule has 1 saturated carbocycles. The minimum absolute atomic E-state index is 0.0951. The summed E-state index contributed by atoms with van der Waals surface area (Å²) in [5.74, 6) is 0.693. The summed E-state index contributed by atoms with van der Waals surface area (Å²) in [7, 11) is 1.62. The Balaban J connectivity index is 1.80. The number of nitrogens with one attached hydrogen (secondary N) is 2. The Morgan fingerprint density at radius 1 is 1.05 bits per heavy atom. The zero-order valence-corrected chi connectivity index (χ0v) is 22.3. The van der Waals surface area contributed by atoms with Gasteiger partial charge in [0, 0.05) is 19.6 Å². The van der Waals surface area contributed by atoms with E-state index in [1.807, 2.05) is 24.3 Å². The Labute approximate surface area is 219 Å². The maximum atomic E-state index is 12.8. The minimum atomic E-state index is -0.677. The lowest BCUT2D eigenvalue weighted by atomic mass is 10.0. The van der Waals surface area contributed by atoms with Crippen LogP contribution in [0, 0.1) is 5.92 Å². The number of amides is 2. The van der Waals surface area contributed by atoms with Gasteiger partial charge in [0.1, 0.15) is 17.1 Å². The van der Waals surface area contributed by atoms with Crippen LogP contribution in [0.1, 0.15) is 62.4 Å². The molecule has 0 aliphatic heterocycles. The molecule has 0 aromatic heterocycles. The van der Waals surface area contributed by atoms with E-state index in [9.17, 15) is 14.7 Å². The normalized spacial score (nSPS) is 15.6. The van der Waals surface area contributed by atoms with Crippen LogP contribution >= 0.6 is 0 Å². The van der Waals surface area contributed by atoms with Gasteiger partial charge in [-0.1, -0.05) is 37.1 Å². The first-order valence-corrected chi connectivity index (χ1v) is 12.9. The second-order valence-corrected chi connectivity index (χ2v) is 10.6. The van der Waals surface area contributed by atoms with Crippen molar-refractivity contribution in [3.8, 4) is 11.5 Å². The van der Waals surface area contributed by atoms with Crippen LogP contribution in [0.3, 0.4) is 0 Å². The van der Waals surface area contributed by atoms with Gasteiger partial charge in [-0.2, -0.15) is 0 Å². The van der Waals surface area contributed by atoms with Crippen LogP contribution in [0.4, 0.5) is 4.79 Å². The summed E-state index contributed by atoms with van der Waals surface area (Å²) in [6, 6.07) is 13.5. The van der Waals surface area contributed by atoms with Crippen molar-refractivity contribution in [1.82, 2.24) is 10.6 Å². The van der Waals surface area contributed by atoms with Crippen LogP contribution in [0.25, 0.3) is 0 Å². The largest absolute Gasteiger partial charge is 0.507 e. The summed E-state index contributed by atoms with van der Waals surface area (Å²) in [6.45, 7) is 6.07. The zero-order valence-electron chi connectivity index (χ0n) is 22.3. The molecule has 2 aromatic carbocycles. The molecule has 0 spiro atoms. The van der Waals surface area contributed by atoms with Gasteiger partial charge in [-0.15, -0.1) is 0 Å². The van der Waals surface area contributed by atoms with Gasteiger partial charge < -0.3 is 30.0 Å². The number of para-hydroxylation sites is 1. The number of hydrogen-bond donors (Lipinski definition) is 3. The molecule has 8 heteroatoms. The van der Waals surface area contributed by atoms with Crippen molar-refractivity contribution < 1.29 is 28.9 Å². The molecular formula is C29H40N2O6. The molecule has 0 heterocycles. The highest BCUT2D eigenvalue weighted by Gasteiger charge is 2.29. The van der Waals surface area contributed by atoms with Crippen molar-refractivity contribution in [3.63, 3.8) is 0 Å². The van der Waals surface area contributed by atoms with E-state index < -0.39 is 29.7 Å². The molecule has 1 aliphatic rings. The lowest BCUT2D eigenvalue weighted by Gasteiger charge is -2.31. The average Bonchev–Trinajstić information content (AvgIpc) is 3.37. The van der Waals surface area contributed by atoms with E-state index in [4.69, 9.17) is 14.2 Å². The number of ether oxygens (including phenoxy) is 3. The summed E-state index contributed by atoms with van der Waals surface area (Å²) in [5, 5.41) is 15.9. The minimum Gasteiger partial charge on any atom is -0.507 e. The van der Waals surface area contributed by atoms with Crippen LogP contribution in [-0.2, 0) is 15.9 Å². The van der Waals surface area contributed by atoms with E-state index in [1.165, 1.54) is 18.9 Å². The molecule has 0 bridgehead atoms. The number of aromatic hydroxyl groups is 1. The number of alkyl carbamates (subject to hydrolysis) is 1. The van der Waals surface area contributed by atoms with Gasteiger partial charge >= 0.3 is 6.09 Å². The van der Waals surface area contributed by atoms with Gasteiger partial charge in [0.25, 0.3) is 5.91 Å². The Kier molecular flexibility index (Phi) is 10.2. The van der Waals surface area contributed by atoms with E-state index in [2.05, 4.69) is 10.6 Å². The third-order valence-corrected chi connectivity index (χ3v) is 6.40. The van der Waals surface area contributed by atoms with Crippen molar-refractivity contribution in [2.45, 2.75) is 70.6 Å². The Morgan fingerprint density at radius 3 is 2.35 bits per heavy atom. The fourth-order valence-corrected chi connectivity index (χ4v) is 4.45. The SMILES string of the molecule is COc1ccc(CC(OCC2CCCC2)C(CNC(=O)c2ccccc2O)NC(=O)OC(C)(C)C)cc1. The van der Waals surface area contributed by atoms with Gasteiger partial charge in [-0.05, 0) is 69.4 Å². The molecule has 0 radical (unpaired) electrons. The van der Waals surface area contributed by atoms with Crippen molar-refractivity contribution >= 4 is 12.0 Å². The standard InChI is InChI=1S/C29H40N2O6/c1-29(2,3)37-28(34)31-24(18-30-27(33)23-11-7-8-12-25(23)32)26(36-19-21-9-5-6-10-21)17-20-13-15-22(35-4)16-14-20/h7-8,11-16,21,24,26,32H,5-6,9-10,17-19H2,1-4H3,(H,30,33)(H,31,34). The van der Waals surface area contributed by atoms with Crippen LogP contribution in [0.2, 0.25) is 0 Å². The predicted molar refractivity (Wildman–Crippen MR) is 142 cm³/mol. The first-order chi connectivity index (χ1) is 17.6. The van der Waals surface area contributed by atoms with Crippen molar-refractivity contribution in [3.05, 3.63) is 59.7 Å². The molecule has 8 nitrogen and oxygen atoms in total. The van der Waals surface area contributed by atoms with E-state index in [-0.39, 0.29) is 17.9 Å². The number of phenols is 1. The maximum absolute atomic E-state index is 12.8. The molecular weight excluding hydrogens is 472 g/mol. The van der Waals surface area contributed by atoms with E-state index in [0.717, 1.165) is 24.2 Å². The Morgan fingerprint density at radius 2 is 1.73 bits per heavy atom. The number of carbonyl (C=O) groups excluding carboxylic acids is 2. The van der Waals surface area contributed by atoms with E-state index in [1.54, 1.807) is 46.1 Å². The number of carbonyl (C=O) groups is 2. The highest BCUT2D eigenvalue weighted by Crippen LogP contribution is 2.26. The Hall–Kier alpha value is -3.26. The molecule has 202 valence electrons. The molecule has 2 aromatic rings. The summed E-state index contributed by atoms with van der Waals surface area (Å²) < 4.78 is 17.2. The topological polar surface area (TPSA) is 106 Å². The fourth-order valence-electron chi connectivity index (χ4n) is 4.45. The summed E-state index contributed by atoms with van der Waals surface area (Å²) in [4.78, 5) is 25.6. The quantitative estimate of drug-likeness (QED) is 0.398. The molecule has 3 N–H and O–H groups in total. The molecule has 1 fully saturated rings. The van der Waals surface area contributed by atoms with Crippen molar-refractivity contribution in [1.29, 1.82) is 0 Å². The van der Waals surface area contributed by atoms with E-state index >= 15 is 0 Å². The average molecular weight is 513 g/mol. The molecule has 1 aliphatic carbocycles. The van der Waals surface area contributed by atoms with Gasteiger partial charge in [0.05, 0.1) is 24.8 Å². The molecule has 2 atom stereocenters. The number of phenolic OH excluding ortho intramolecular Hbond substituents is 1. The predicted octanol–water partition coefficient (Wildman–Crippen LogP) is 4.84. The zero-order chi connectivity index (χ0) is 26.8. The highest BCUT2D eigenvalue weighted by atomic mass is 16.6. The lowest BCUT2D eigenvalue weighted by Crippen LogP contribution is -2.53. The van der Waals surface area contributed by atoms with Gasteiger partial charge in [0.2, 0.25) is 0 Å². The molecule has 3 rings (SSSR count). The second kappa shape index (κ2) is 13.3. The third kappa shape index (κ3) is 9.28. The second-order valence-electron chi connectivity index (χ2n) is 10.6. The molecule has 0 saturated heterocycles. The van der Waals surface area contributed by atoms with Crippen LogP contribution in [0.5, 0.6) is 11.5 Å².